The van der Waals surface area contributed by atoms with Crippen molar-refractivity contribution >= 4 is 11.7 Å². The van der Waals surface area contributed by atoms with Gasteiger partial charge in [0.2, 0.25) is 0 Å². The summed E-state index contributed by atoms with van der Waals surface area (Å²) in [7, 11) is 0. The summed E-state index contributed by atoms with van der Waals surface area (Å²) in [6, 6.07) is 7.94. The quantitative estimate of drug-likeness (QED) is 0.804. The molecule has 1 aromatic rings. The first-order valence-electron chi connectivity index (χ1n) is 5.68. The van der Waals surface area contributed by atoms with Crippen molar-refractivity contribution in [2.45, 2.75) is 32.2 Å². The van der Waals surface area contributed by atoms with Gasteiger partial charge >= 0.3 is 5.97 Å². The van der Waals surface area contributed by atoms with Crippen molar-refractivity contribution in [2.75, 3.05) is 5.32 Å². The minimum atomic E-state index is -0.723. The molecule has 1 heterocycles. The highest BCUT2D eigenvalue weighted by molar-refractivity contribution is 5.80. The van der Waals surface area contributed by atoms with Crippen molar-refractivity contribution < 1.29 is 9.90 Å². The number of benzene rings is 1. The molecule has 0 radical (unpaired) electrons. The van der Waals surface area contributed by atoms with E-state index in [1.807, 2.05) is 24.3 Å². The number of hydrogen-bond acceptors (Lipinski definition) is 2. The second-order valence-electron chi connectivity index (χ2n) is 4.71. The maximum Gasteiger partial charge on any atom is 0.311 e. The molecular weight excluding hydrogens is 202 g/mol. The molecule has 0 spiro atoms. The van der Waals surface area contributed by atoms with E-state index in [4.69, 9.17) is 0 Å². The van der Waals surface area contributed by atoms with Crippen LogP contribution in [0.1, 0.15) is 31.7 Å². The van der Waals surface area contributed by atoms with E-state index in [2.05, 4.69) is 19.2 Å². The third-order valence-corrected chi connectivity index (χ3v) is 3.27. The molecule has 0 bridgehead atoms. The Hall–Kier alpha value is -1.51. The number of nitrogens with one attached hydrogen (secondary N) is 1. The summed E-state index contributed by atoms with van der Waals surface area (Å²) in [6.45, 7) is 4.23. The van der Waals surface area contributed by atoms with E-state index in [-0.39, 0.29) is 12.0 Å². The molecule has 2 atom stereocenters. The highest BCUT2D eigenvalue weighted by atomic mass is 16.4. The molecule has 1 aromatic carbocycles. The van der Waals surface area contributed by atoms with Crippen molar-refractivity contribution in [1.82, 2.24) is 0 Å². The largest absolute Gasteiger partial charge is 0.481 e. The lowest BCUT2D eigenvalue weighted by Gasteiger charge is -2.33. The topological polar surface area (TPSA) is 49.3 Å². The molecule has 86 valence electrons. The molecule has 1 aliphatic heterocycles. The Kier molecular flexibility index (Phi) is 2.86. The van der Waals surface area contributed by atoms with Crippen LogP contribution in [-0.4, -0.2) is 17.1 Å². The summed E-state index contributed by atoms with van der Waals surface area (Å²) in [5, 5.41) is 12.7. The first kappa shape index (κ1) is 11.0. The lowest BCUT2D eigenvalue weighted by molar-refractivity contribution is -0.139. The fraction of sp³-hybridized carbons (Fsp3) is 0.462. The number of rotatable bonds is 2. The van der Waals surface area contributed by atoms with E-state index < -0.39 is 5.97 Å². The van der Waals surface area contributed by atoms with Crippen LogP contribution >= 0.6 is 0 Å². The van der Waals surface area contributed by atoms with Gasteiger partial charge in [-0.15, -0.1) is 0 Å². The van der Waals surface area contributed by atoms with Crippen LogP contribution in [0.4, 0.5) is 5.69 Å². The molecule has 0 saturated heterocycles. The number of aliphatic carboxylic acids is 1. The van der Waals surface area contributed by atoms with Gasteiger partial charge in [0, 0.05) is 11.7 Å². The summed E-state index contributed by atoms with van der Waals surface area (Å²) in [4.78, 5) is 11.3. The van der Waals surface area contributed by atoms with E-state index in [1.54, 1.807) is 0 Å². The smallest absolute Gasteiger partial charge is 0.311 e. The molecule has 2 N–H and O–H groups in total. The molecule has 16 heavy (non-hydrogen) atoms. The number of anilines is 1. The molecule has 0 aliphatic carbocycles. The fourth-order valence-electron chi connectivity index (χ4n) is 2.24. The molecule has 3 nitrogen and oxygen atoms in total. The summed E-state index contributed by atoms with van der Waals surface area (Å²) in [5.74, 6) is -0.653. The van der Waals surface area contributed by atoms with Gasteiger partial charge in [-0.1, -0.05) is 32.0 Å². The van der Waals surface area contributed by atoms with Gasteiger partial charge in [0.15, 0.2) is 0 Å². The molecule has 0 fully saturated rings. The van der Waals surface area contributed by atoms with Gasteiger partial charge in [-0.3, -0.25) is 4.79 Å². The van der Waals surface area contributed by atoms with E-state index in [0.29, 0.717) is 12.3 Å². The minimum absolute atomic E-state index is 0.246. The highest BCUT2D eigenvalue weighted by Crippen LogP contribution is 2.36. The van der Waals surface area contributed by atoms with Gasteiger partial charge in [0.25, 0.3) is 0 Å². The zero-order valence-corrected chi connectivity index (χ0v) is 9.60. The van der Waals surface area contributed by atoms with Crippen molar-refractivity contribution in [3.8, 4) is 0 Å². The Morgan fingerprint density at radius 1 is 1.44 bits per heavy atom. The van der Waals surface area contributed by atoms with Crippen LogP contribution < -0.4 is 5.32 Å². The summed E-state index contributed by atoms with van der Waals surface area (Å²) in [6.07, 6.45) is 0.671. The molecular formula is C13H17NO2. The molecule has 0 amide bonds. The molecule has 2 unspecified atom stereocenters. The molecule has 1 aliphatic rings. The van der Waals surface area contributed by atoms with Crippen LogP contribution in [0, 0.1) is 5.92 Å². The number of fused-ring (bicyclic) bond motifs is 1. The Balaban J connectivity index is 2.37. The van der Waals surface area contributed by atoms with E-state index in [9.17, 15) is 9.90 Å². The van der Waals surface area contributed by atoms with Crippen molar-refractivity contribution in [2.24, 2.45) is 5.92 Å². The highest BCUT2D eigenvalue weighted by Gasteiger charge is 2.32. The maximum atomic E-state index is 11.3. The predicted octanol–water partition coefficient (Wildman–Crippen LogP) is 2.70. The molecule has 2 rings (SSSR count). The van der Waals surface area contributed by atoms with Crippen LogP contribution in [0.2, 0.25) is 0 Å². The summed E-state index contributed by atoms with van der Waals surface area (Å²) < 4.78 is 0. The van der Waals surface area contributed by atoms with Crippen LogP contribution in [0.25, 0.3) is 0 Å². The second kappa shape index (κ2) is 4.16. The standard InChI is InChI=1S/C13H17NO2/c1-8(2)12-7-10(13(15)16)9-5-3-4-6-11(9)14-12/h3-6,8,10,12,14H,7H2,1-2H3,(H,15,16). The zero-order valence-electron chi connectivity index (χ0n) is 9.60. The Bertz CT molecular complexity index is 401. The van der Waals surface area contributed by atoms with Crippen molar-refractivity contribution in [3.63, 3.8) is 0 Å². The van der Waals surface area contributed by atoms with E-state index in [0.717, 1.165) is 11.3 Å². The predicted molar refractivity (Wildman–Crippen MR) is 63.7 cm³/mol. The van der Waals surface area contributed by atoms with Gasteiger partial charge in [-0.05, 0) is 24.0 Å². The van der Waals surface area contributed by atoms with Crippen molar-refractivity contribution in [1.29, 1.82) is 0 Å². The molecule has 0 saturated carbocycles. The lowest BCUT2D eigenvalue weighted by atomic mass is 9.83. The number of para-hydroxylation sites is 1. The van der Waals surface area contributed by atoms with Crippen molar-refractivity contribution in [3.05, 3.63) is 29.8 Å². The average Bonchev–Trinajstić information content (AvgIpc) is 2.27. The average molecular weight is 219 g/mol. The Morgan fingerprint density at radius 2 is 2.12 bits per heavy atom. The van der Waals surface area contributed by atoms with E-state index in [1.165, 1.54) is 0 Å². The van der Waals surface area contributed by atoms with Crippen LogP contribution in [0.3, 0.4) is 0 Å². The second-order valence-corrected chi connectivity index (χ2v) is 4.71. The molecule has 3 heteroatoms. The minimum Gasteiger partial charge on any atom is -0.481 e. The third-order valence-electron chi connectivity index (χ3n) is 3.27. The van der Waals surface area contributed by atoms with Gasteiger partial charge in [0.05, 0.1) is 5.92 Å². The van der Waals surface area contributed by atoms with E-state index >= 15 is 0 Å². The first-order chi connectivity index (χ1) is 7.59. The van der Waals surface area contributed by atoms with Crippen LogP contribution in [0.15, 0.2) is 24.3 Å². The zero-order chi connectivity index (χ0) is 11.7. The van der Waals surface area contributed by atoms with Gasteiger partial charge in [-0.25, -0.2) is 0 Å². The monoisotopic (exact) mass is 219 g/mol. The van der Waals surface area contributed by atoms with Gasteiger partial charge in [-0.2, -0.15) is 0 Å². The summed E-state index contributed by atoms with van der Waals surface area (Å²) in [5.41, 5.74) is 1.88. The number of carboxylic acids is 1. The lowest BCUT2D eigenvalue weighted by Crippen LogP contribution is -2.34. The normalized spacial score (nSPS) is 23.7. The maximum absolute atomic E-state index is 11.3. The third kappa shape index (κ3) is 1.90. The summed E-state index contributed by atoms with van der Waals surface area (Å²) >= 11 is 0. The Labute approximate surface area is 95.5 Å². The number of carboxylic acid groups (broad SMARTS) is 1. The van der Waals surface area contributed by atoms with Gasteiger partial charge in [0.1, 0.15) is 0 Å². The number of carbonyl (C=O) groups is 1. The van der Waals surface area contributed by atoms with Gasteiger partial charge < -0.3 is 10.4 Å². The number of hydrogen-bond donors (Lipinski definition) is 2. The van der Waals surface area contributed by atoms with Crippen LogP contribution in [-0.2, 0) is 4.79 Å². The Morgan fingerprint density at radius 3 is 2.75 bits per heavy atom. The SMILES string of the molecule is CC(C)C1CC(C(=O)O)c2ccccc2N1. The van der Waals surface area contributed by atoms with Crippen LogP contribution in [0.5, 0.6) is 0 Å². The first-order valence-corrected chi connectivity index (χ1v) is 5.68. The fourth-order valence-corrected chi connectivity index (χ4v) is 2.24. The molecule has 0 aromatic heterocycles.